The summed E-state index contributed by atoms with van der Waals surface area (Å²) in [7, 11) is 1.58. The number of nitrogens with one attached hydrogen (secondary N) is 3. The molecule has 2 unspecified atom stereocenters. The van der Waals surface area contributed by atoms with Crippen molar-refractivity contribution in [2.24, 2.45) is 11.5 Å². The summed E-state index contributed by atoms with van der Waals surface area (Å²) >= 11 is 0. The first-order valence-electron chi connectivity index (χ1n) is 12.3. The van der Waals surface area contributed by atoms with E-state index in [1.807, 2.05) is 31.2 Å². The number of nitrogens with zero attached hydrogens (tertiary/aromatic N) is 3. The third-order valence-corrected chi connectivity index (χ3v) is 7.45. The lowest BCUT2D eigenvalue weighted by molar-refractivity contribution is -0.123. The van der Waals surface area contributed by atoms with Crippen molar-refractivity contribution in [1.29, 1.82) is 0 Å². The lowest BCUT2D eigenvalue weighted by Crippen LogP contribution is -2.55. The van der Waals surface area contributed by atoms with E-state index >= 15 is 0 Å². The summed E-state index contributed by atoms with van der Waals surface area (Å²) in [5.74, 6) is -0.173. The number of hydrogen-bond acceptors (Lipinski definition) is 7. The Morgan fingerprint density at radius 1 is 1.08 bits per heavy atom. The summed E-state index contributed by atoms with van der Waals surface area (Å²) in [6.45, 7) is 2.76. The quantitative estimate of drug-likeness (QED) is 0.391. The van der Waals surface area contributed by atoms with Crippen LogP contribution in [0.3, 0.4) is 0 Å². The monoisotopic (exact) mass is 494 g/mol. The largest absolute Gasteiger partial charge is 0.369 e. The molecular formula is C25H34N8O3. The van der Waals surface area contributed by atoms with Crippen molar-refractivity contribution >= 4 is 35.2 Å². The van der Waals surface area contributed by atoms with Gasteiger partial charge in [-0.05, 0) is 50.3 Å². The van der Waals surface area contributed by atoms with Crippen molar-refractivity contribution < 1.29 is 14.4 Å². The van der Waals surface area contributed by atoms with Gasteiger partial charge in [-0.15, -0.1) is 0 Å². The highest BCUT2D eigenvalue weighted by Gasteiger charge is 2.41. The summed E-state index contributed by atoms with van der Waals surface area (Å²) < 4.78 is 0. The Hall–Kier alpha value is -3.89. The number of aromatic nitrogens is 2. The fourth-order valence-corrected chi connectivity index (χ4v) is 5.35. The number of nitrogens with two attached hydrogens (primary N) is 2. The number of anilines is 3. The van der Waals surface area contributed by atoms with E-state index in [-0.39, 0.29) is 35.5 Å². The molecular weight excluding hydrogens is 460 g/mol. The van der Waals surface area contributed by atoms with Crippen LogP contribution in [0.15, 0.2) is 30.5 Å². The minimum Gasteiger partial charge on any atom is -0.369 e. The summed E-state index contributed by atoms with van der Waals surface area (Å²) in [4.78, 5) is 47.2. The van der Waals surface area contributed by atoms with Gasteiger partial charge in [0, 0.05) is 25.3 Å². The van der Waals surface area contributed by atoms with Crippen LogP contribution in [0.5, 0.6) is 0 Å². The number of urea groups is 1. The van der Waals surface area contributed by atoms with E-state index in [4.69, 9.17) is 11.5 Å². The van der Waals surface area contributed by atoms with Gasteiger partial charge >= 0.3 is 6.03 Å². The van der Waals surface area contributed by atoms with E-state index < -0.39 is 11.3 Å². The Bertz CT molecular complexity index is 1130. The van der Waals surface area contributed by atoms with Crippen LogP contribution in [-0.4, -0.2) is 53.5 Å². The molecule has 36 heavy (non-hydrogen) atoms. The number of hydrogen-bond donors (Lipinski definition) is 5. The number of piperidine rings is 1. The van der Waals surface area contributed by atoms with Crippen LogP contribution in [0.1, 0.15) is 61.5 Å². The zero-order valence-electron chi connectivity index (χ0n) is 20.7. The number of rotatable bonds is 7. The standard InChI is InChI=1S/C25H34N8O3/c1-15-18(31-24(36)28-2)6-5-13-33(15)19-14-29-20(21(26)34)22(32-19)30-17-9-7-16(8-10-17)25(23(27)35)11-3-4-12-25/h7-10,14-15,18H,3-6,11-13H2,1-2H3,(H2,26,34)(H2,27,35)(H,30,32)(H2,28,31,36). The number of benzene rings is 1. The second-order valence-corrected chi connectivity index (χ2v) is 9.55. The molecule has 11 nitrogen and oxygen atoms in total. The maximum atomic E-state index is 12.2. The molecule has 4 amide bonds. The highest BCUT2D eigenvalue weighted by Crippen LogP contribution is 2.41. The normalized spacial score (nSPS) is 21.0. The molecule has 7 N–H and O–H groups in total. The third-order valence-electron chi connectivity index (χ3n) is 7.45. The average molecular weight is 495 g/mol. The fourth-order valence-electron chi connectivity index (χ4n) is 5.35. The molecule has 0 radical (unpaired) electrons. The van der Waals surface area contributed by atoms with Gasteiger partial charge in [0.2, 0.25) is 5.91 Å². The number of amides is 4. The zero-order chi connectivity index (χ0) is 25.9. The molecule has 0 spiro atoms. The van der Waals surface area contributed by atoms with Crippen LogP contribution >= 0.6 is 0 Å². The van der Waals surface area contributed by atoms with Gasteiger partial charge in [0.1, 0.15) is 5.82 Å². The Balaban J connectivity index is 1.58. The maximum Gasteiger partial charge on any atom is 0.314 e. The first-order chi connectivity index (χ1) is 17.2. The van der Waals surface area contributed by atoms with E-state index in [2.05, 4.69) is 30.8 Å². The molecule has 2 heterocycles. The predicted molar refractivity (Wildman–Crippen MR) is 137 cm³/mol. The molecule has 1 aliphatic carbocycles. The van der Waals surface area contributed by atoms with E-state index in [9.17, 15) is 14.4 Å². The van der Waals surface area contributed by atoms with E-state index in [1.165, 1.54) is 6.20 Å². The highest BCUT2D eigenvalue weighted by molar-refractivity contribution is 5.96. The van der Waals surface area contributed by atoms with Crippen LogP contribution in [-0.2, 0) is 10.2 Å². The van der Waals surface area contributed by atoms with Crippen molar-refractivity contribution in [3.8, 4) is 0 Å². The Kier molecular flexibility index (Phi) is 7.27. The smallest absolute Gasteiger partial charge is 0.314 e. The number of carbonyl (C=O) groups is 3. The summed E-state index contributed by atoms with van der Waals surface area (Å²) in [5.41, 5.74) is 12.3. The summed E-state index contributed by atoms with van der Waals surface area (Å²) in [6, 6.07) is 7.13. The maximum absolute atomic E-state index is 12.2. The zero-order valence-corrected chi connectivity index (χ0v) is 20.7. The van der Waals surface area contributed by atoms with Crippen molar-refractivity contribution in [2.75, 3.05) is 23.8 Å². The molecule has 11 heteroatoms. The minimum atomic E-state index is -0.697. The molecule has 2 aliphatic rings. The van der Waals surface area contributed by atoms with Gasteiger partial charge in [0.05, 0.1) is 17.7 Å². The van der Waals surface area contributed by atoms with Crippen molar-refractivity contribution in [3.63, 3.8) is 0 Å². The first-order valence-corrected chi connectivity index (χ1v) is 12.3. The third kappa shape index (κ3) is 4.91. The Morgan fingerprint density at radius 3 is 2.39 bits per heavy atom. The second-order valence-electron chi connectivity index (χ2n) is 9.55. The molecule has 2 aromatic rings. The molecule has 1 saturated carbocycles. The molecule has 1 aromatic heterocycles. The van der Waals surface area contributed by atoms with Gasteiger partial charge in [-0.3, -0.25) is 9.59 Å². The van der Waals surface area contributed by atoms with Crippen LogP contribution < -0.4 is 32.3 Å². The molecule has 2 atom stereocenters. The van der Waals surface area contributed by atoms with E-state index in [0.29, 0.717) is 11.5 Å². The number of carbonyl (C=O) groups excluding carboxylic acids is 3. The van der Waals surface area contributed by atoms with Gasteiger partial charge in [-0.2, -0.15) is 0 Å². The topological polar surface area (TPSA) is 168 Å². The SMILES string of the molecule is CNC(=O)NC1CCCN(c2cnc(C(N)=O)c(Nc3ccc(C4(C(N)=O)CCCC4)cc3)n2)C1C. The van der Waals surface area contributed by atoms with Crippen LogP contribution in [0, 0.1) is 0 Å². The molecule has 192 valence electrons. The molecule has 1 aliphatic heterocycles. The fraction of sp³-hybridized carbons (Fsp3) is 0.480. The van der Waals surface area contributed by atoms with Gasteiger partial charge in [0.15, 0.2) is 11.5 Å². The van der Waals surface area contributed by atoms with Gasteiger partial charge in [-0.1, -0.05) is 25.0 Å². The lowest BCUT2D eigenvalue weighted by atomic mass is 9.78. The minimum absolute atomic E-state index is 0.0249. The summed E-state index contributed by atoms with van der Waals surface area (Å²) in [6.07, 6.45) is 6.69. The molecule has 4 rings (SSSR count). The van der Waals surface area contributed by atoms with Crippen molar-refractivity contribution in [1.82, 2.24) is 20.6 Å². The predicted octanol–water partition coefficient (Wildman–Crippen LogP) is 1.90. The van der Waals surface area contributed by atoms with Gasteiger partial charge in [0.25, 0.3) is 5.91 Å². The van der Waals surface area contributed by atoms with Crippen LogP contribution in [0.4, 0.5) is 22.1 Å². The second kappa shape index (κ2) is 10.4. The Morgan fingerprint density at radius 2 is 1.78 bits per heavy atom. The first kappa shape index (κ1) is 25.2. The van der Waals surface area contributed by atoms with Gasteiger partial charge < -0.3 is 32.3 Å². The molecule has 1 saturated heterocycles. The Labute approximate surface area is 210 Å². The molecule has 1 aromatic carbocycles. The molecule has 0 bridgehead atoms. The summed E-state index contributed by atoms with van der Waals surface area (Å²) in [5, 5.41) is 8.73. The van der Waals surface area contributed by atoms with Crippen LogP contribution in [0.25, 0.3) is 0 Å². The van der Waals surface area contributed by atoms with Crippen molar-refractivity contribution in [2.45, 2.75) is 62.9 Å². The number of primary amides is 2. The van der Waals surface area contributed by atoms with Crippen molar-refractivity contribution in [3.05, 3.63) is 41.7 Å². The highest BCUT2D eigenvalue weighted by atomic mass is 16.2. The van der Waals surface area contributed by atoms with E-state index in [0.717, 1.165) is 50.6 Å². The van der Waals surface area contributed by atoms with Crippen LogP contribution in [0.2, 0.25) is 0 Å². The lowest BCUT2D eigenvalue weighted by Gasteiger charge is -2.40. The molecule has 2 fully saturated rings. The van der Waals surface area contributed by atoms with Gasteiger partial charge in [-0.25, -0.2) is 14.8 Å². The average Bonchev–Trinajstić information content (AvgIpc) is 3.37. The van der Waals surface area contributed by atoms with E-state index in [1.54, 1.807) is 7.05 Å².